The Bertz CT molecular complexity index is 590. The maximum absolute atomic E-state index is 6.07. The Morgan fingerprint density at radius 3 is 2.59 bits per heavy atom. The summed E-state index contributed by atoms with van der Waals surface area (Å²) in [6, 6.07) is 12.3. The zero-order chi connectivity index (χ0) is 12.0. The van der Waals surface area contributed by atoms with Gasteiger partial charge in [-0.25, -0.2) is 0 Å². The van der Waals surface area contributed by atoms with Gasteiger partial charge < -0.3 is 16.4 Å². The Hall–Kier alpha value is -2.16. The average Bonchev–Trinajstić information content (AvgIpc) is 2.35. The Morgan fingerprint density at radius 1 is 1.00 bits per heavy atom. The minimum absolute atomic E-state index is 0.663. The third-order valence-electron chi connectivity index (χ3n) is 3.45. The molecule has 1 aliphatic rings. The van der Waals surface area contributed by atoms with Gasteiger partial charge in [0.25, 0.3) is 0 Å². The van der Waals surface area contributed by atoms with Crippen LogP contribution in [0.1, 0.15) is 11.1 Å². The van der Waals surface area contributed by atoms with E-state index in [-0.39, 0.29) is 0 Å². The molecule has 0 bridgehead atoms. The SMILES string of the molecule is CN1c2ccccc2Cc2c1ccc(N)c2N. The van der Waals surface area contributed by atoms with Gasteiger partial charge in [-0.1, -0.05) is 18.2 Å². The fourth-order valence-electron chi connectivity index (χ4n) is 2.48. The first-order valence-electron chi connectivity index (χ1n) is 5.67. The summed E-state index contributed by atoms with van der Waals surface area (Å²) in [4.78, 5) is 2.17. The number of nitrogens with zero attached hydrogens (tertiary/aromatic N) is 1. The molecule has 0 aromatic heterocycles. The smallest absolute Gasteiger partial charge is 0.0604 e. The van der Waals surface area contributed by atoms with Crippen LogP contribution in [-0.2, 0) is 6.42 Å². The van der Waals surface area contributed by atoms with E-state index in [1.54, 1.807) is 0 Å². The summed E-state index contributed by atoms with van der Waals surface area (Å²) in [7, 11) is 2.06. The number of anilines is 4. The van der Waals surface area contributed by atoms with Gasteiger partial charge in [0.1, 0.15) is 0 Å². The van der Waals surface area contributed by atoms with E-state index >= 15 is 0 Å². The molecular formula is C14H15N3. The molecule has 0 amide bonds. The summed E-state index contributed by atoms with van der Waals surface area (Å²) in [5, 5.41) is 0. The van der Waals surface area contributed by atoms with Crippen LogP contribution >= 0.6 is 0 Å². The van der Waals surface area contributed by atoms with E-state index in [0.717, 1.165) is 17.7 Å². The van der Waals surface area contributed by atoms with Crippen molar-refractivity contribution in [1.82, 2.24) is 0 Å². The van der Waals surface area contributed by atoms with Crippen LogP contribution in [0.5, 0.6) is 0 Å². The van der Waals surface area contributed by atoms with Gasteiger partial charge in [0, 0.05) is 30.4 Å². The van der Waals surface area contributed by atoms with E-state index in [4.69, 9.17) is 11.5 Å². The minimum Gasteiger partial charge on any atom is -0.397 e. The van der Waals surface area contributed by atoms with Crippen LogP contribution in [0.15, 0.2) is 36.4 Å². The predicted octanol–water partition coefficient (Wildman–Crippen LogP) is 2.52. The number of hydrogen-bond donors (Lipinski definition) is 2. The lowest BCUT2D eigenvalue weighted by atomic mass is 9.94. The molecule has 0 aliphatic carbocycles. The van der Waals surface area contributed by atoms with E-state index in [1.807, 2.05) is 12.1 Å². The molecule has 1 heterocycles. The number of benzene rings is 2. The lowest BCUT2D eigenvalue weighted by Gasteiger charge is -2.31. The van der Waals surface area contributed by atoms with E-state index < -0.39 is 0 Å². The molecule has 0 atom stereocenters. The summed E-state index contributed by atoms with van der Waals surface area (Å²) in [6.45, 7) is 0. The van der Waals surface area contributed by atoms with Crippen LogP contribution < -0.4 is 16.4 Å². The molecule has 4 N–H and O–H groups in total. The van der Waals surface area contributed by atoms with Gasteiger partial charge in [-0.2, -0.15) is 0 Å². The lowest BCUT2D eigenvalue weighted by molar-refractivity contribution is 1.06. The quantitative estimate of drug-likeness (QED) is 0.677. The first-order valence-corrected chi connectivity index (χ1v) is 5.67. The van der Waals surface area contributed by atoms with E-state index in [2.05, 4.69) is 36.2 Å². The predicted molar refractivity (Wildman–Crippen MR) is 72.6 cm³/mol. The maximum atomic E-state index is 6.07. The van der Waals surface area contributed by atoms with Crippen molar-refractivity contribution in [3.8, 4) is 0 Å². The van der Waals surface area contributed by atoms with Crippen molar-refractivity contribution < 1.29 is 0 Å². The van der Waals surface area contributed by atoms with Crippen LogP contribution in [0.3, 0.4) is 0 Å². The number of nitrogen functional groups attached to an aromatic ring is 2. The highest BCUT2D eigenvalue weighted by atomic mass is 15.1. The number of rotatable bonds is 0. The van der Waals surface area contributed by atoms with E-state index in [1.165, 1.54) is 11.3 Å². The maximum Gasteiger partial charge on any atom is 0.0604 e. The second-order valence-electron chi connectivity index (χ2n) is 4.43. The van der Waals surface area contributed by atoms with Crippen LogP contribution in [0.2, 0.25) is 0 Å². The van der Waals surface area contributed by atoms with Crippen LogP contribution in [0, 0.1) is 0 Å². The summed E-state index contributed by atoms with van der Waals surface area (Å²) < 4.78 is 0. The van der Waals surface area contributed by atoms with Gasteiger partial charge in [-0.3, -0.25) is 0 Å². The van der Waals surface area contributed by atoms with E-state index in [0.29, 0.717) is 11.4 Å². The van der Waals surface area contributed by atoms with Crippen molar-refractivity contribution >= 4 is 22.7 Å². The topological polar surface area (TPSA) is 55.3 Å². The first-order chi connectivity index (χ1) is 8.18. The van der Waals surface area contributed by atoms with Crippen molar-refractivity contribution in [2.45, 2.75) is 6.42 Å². The zero-order valence-corrected chi connectivity index (χ0v) is 9.77. The van der Waals surface area contributed by atoms with Crippen LogP contribution in [0.25, 0.3) is 0 Å². The second kappa shape index (κ2) is 3.42. The number of nitrogens with two attached hydrogens (primary N) is 2. The van der Waals surface area contributed by atoms with Crippen molar-refractivity contribution in [1.29, 1.82) is 0 Å². The molecule has 0 spiro atoms. The minimum atomic E-state index is 0.663. The Labute approximate surface area is 101 Å². The highest BCUT2D eigenvalue weighted by molar-refractivity contribution is 5.83. The van der Waals surface area contributed by atoms with Gasteiger partial charge >= 0.3 is 0 Å². The molecule has 0 saturated heterocycles. The van der Waals surface area contributed by atoms with Crippen LogP contribution in [0.4, 0.5) is 22.7 Å². The molecule has 0 fully saturated rings. The molecule has 0 unspecified atom stereocenters. The largest absolute Gasteiger partial charge is 0.397 e. The number of fused-ring (bicyclic) bond motifs is 2. The highest BCUT2D eigenvalue weighted by Crippen LogP contribution is 2.41. The van der Waals surface area contributed by atoms with Crippen molar-refractivity contribution in [3.63, 3.8) is 0 Å². The molecular weight excluding hydrogens is 210 g/mol. The van der Waals surface area contributed by atoms with Crippen LogP contribution in [-0.4, -0.2) is 7.05 Å². The molecule has 0 radical (unpaired) electrons. The Balaban J connectivity index is 2.23. The molecule has 3 nitrogen and oxygen atoms in total. The molecule has 0 saturated carbocycles. The monoisotopic (exact) mass is 225 g/mol. The molecule has 2 aromatic carbocycles. The second-order valence-corrected chi connectivity index (χ2v) is 4.43. The Kier molecular flexibility index (Phi) is 2.01. The molecule has 1 aliphatic heterocycles. The van der Waals surface area contributed by atoms with Gasteiger partial charge in [0.05, 0.1) is 11.4 Å². The van der Waals surface area contributed by atoms with Crippen molar-refractivity contribution in [2.75, 3.05) is 23.4 Å². The van der Waals surface area contributed by atoms with Gasteiger partial charge in [0.15, 0.2) is 0 Å². The number of hydrogen-bond acceptors (Lipinski definition) is 3. The fourth-order valence-corrected chi connectivity index (χ4v) is 2.48. The van der Waals surface area contributed by atoms with Gasteiger partial charge in [0.2, 0.25) is 0 Å². The summed E-state index contributed by atoms with van der Waals surface area (Å²) >= 11 is 0. The first kappa shape index (κ1) is 10.0. The molecule has 86 valence electrons. The third-order valence-corrected chi connectivity index (χ3v) is 3.45. The normalized spacial score (nSPS) is 13.1. The zero-order valence-electron chi connectivity index (χ0n) is 9.77. The molecule has 3 rings (SSSR count). The molecule has 2 aromatic rings. The average molecular weight is 225 g/mol. The highest BCUT2D eigenvalue weighted by Gasteiger charge is 2.21. The third kappa shape index (κ3) is 1.35. The van der Waals surface area contributed by atoms with Crippen molar-refractivity contribution in [2.24, 2.45) is 0 Å². The summed E-state index contributed by atoms with van der Waals surface area (Å²) in [5.74, 6) is 0. The molecule has 17 heavy (non-hydrogen) atoms. The standard InChI is InChI=1S/C14H15N3/c1-17-12-5-3-2-4-9(12)8-10-13(17)7-6-11(15)14(10)16/h2-7H,8,15-16H2,1H3. The summed E-state index contributed by atoms with van der Waals surface area (Å²) in [5.41, 5.74) is 18.1. The van der Waals surface area contributed by atoms with Gasteiger partial charge in [-0.15, -0.1) is 0 Å². The summed E-state index contributed by atoms with van der Waals surface area (Å²) in [6.07, 6.45) is 0.854. The molecule has 3 heteroatoms. The van der Waals surface area contributed by atoms with Crippen molar-refractivity contribution in [3.05, 3.63) is 47.5 Å². The fraction of sp³-hybridized carbons (Fsp3) is 0.143. The Morgan fingerprint density at radius 2 is 1.76 bits per heavy atom. The number of para-hydroxylation sites is 1. The van der Waals surface area contributed by atoms with Gasteiger partial charge in [-0.05, 0) is 23.8 Å². The lowest BCUT2D eigenvalue weighted by Crippen LogP contribution is -2.19. The van der Waals surface area contributed by atoms with E-state index in [9.17, 15) is 0 Å².